The molecule has 0 heterocycles. The summed E-state index contributed by atoms with van der Waals surface area (Å²) in [5, 5.41) is 10.5. The Morgan fingerprint density at radius 1 is 0.957 bits per heavy atom. The molecule has 2 nitrogen and oxygen atoms in total. The standard InChI is InChI=1S/C21H29NO/c1-16(20(23)18-9-7-6-8-10-18)22(5)15-17-11-13-19(14-12-17)21(2,3)4/h6-14,16,20,23H,15H2,1-5H3. The molecule has 0 aliphatic heterocycles. The minimum atomic E-state index is -0.477. The van der Waals surface area contributed by atoms with E-state index >= 15 is 0 Å². The van der Waals surface area contributed by atoms with E-state index in [2.05, 4.69) is 63.9 Å². The zero-order valence-electron chi connectivity index (χ0n) is 15.0. The van der Waals surface area contributed by atoms with E-state index in [0.717, 1.165) is 12.1 Å². The Labute approximate surface area is 140 Å². The highest BCUT2D eigenvalue weighted by atomic mass is 16.3. The third-order valence-corrected chi connectivity index (χ3v) is 4.55. The molecule has 0 radical (unpaired) electrons. The van der Waals surface area contributed by atoms with E-state index < -0.39 is 6.10 Å². The quantitative estimate of drug-likeness (QED) is 0.876. The molecule has 0 spiro atoms. The van der Waals surface area contributed by atoms with Crippen LogP contribution in [0.15, 0.2) is 54.6 Å². The summed E-state index contributed by atoms with van der Waals surface area (Å²) in [7, 11) is 2.06. The first-order valence-corrected chi connectivity index (χ1v) is 8.31. The van der Waals surface area contributed by atoms with Gasteiger partial charge in [-0.25, -0.2) is 0 Å². The number of aliphatic hydroxyl groups is 1. The van der Waals surface area contributed by atoms with Crippen molar-refractivity contribution in [3.8, 4) is 0 Å². The minimum absolute atomic E-state index is 0.0553. The van der Waals surface area contributed by atoms with E-state index in [1.165, 1.54) is 11.1 Å². The Kier molecular flexibility index (Phi) is 5.61. The fraction of sp³-hybridized carbons (Fsp3) is 0.429. The summed E-state index contributed by atoms with van der Waals surface area (Å²) in [5.41, 5.74) is 3.77. The maximum absolute atomic E-state index is 10.5. The summed E-state index contributed by atoms with van der Waals surface area (Å²) >= 11 is 0. The third kappa shape index (κ3) is 4.66. The van der Waals surface area contributed by atoms with Crippen molar-refractivity contribution < 1.29 is 5.11 Å². The predicted octanol–water partition coefficient (Wildman–Crippen LogP) is 4.54. The highest BCUT2D eigenvalue weighted by molar-refractivity contribution is 5.27. The minimum Gasteiger partial charge on any atom is -0.387 e. The molecule has 0 amide bonds. The largest absolute Gasteiger partial charge is 0.387 e. The molecule has 0 aliphatic carbocycles. The summed E-state index contributed by atoms with van der Waals surface area (Å²) in [4.78, 5) is 2.20. The molecule has 0 fully saturated rings. The zero-order valence-corrected chi connectivity index (χ0v) is 15.0. The third-order valence-electron chi connectivity index (χ3n) is 4.55. The first-order valence-electron chi connectivity index (χ1n) is 8.31. The van der Waals surface area contributed by atoms with Crippen LogP contribution in [0.3, 0.4) is 0 Å². The maximum atomic E-state index is 10.5. The zero-order chi connectivity index (χ0) is 17.0. The average molecular weight is 311 g/mol. The molecule has 23 heavy (non-hydrogen) atoms. The first kappa shape index (κ1) is 17.7. The van der Waals surface area contributed by atoms with Crippen LogP contribution < -0.4 is 0 Å². The van der Waals surface area contributed by atoms with Crippen LogP contribution >= 0.6 is 0 Å². The Bertz CT molecular complexity index is 598. The number of hydrogen-bond donors (Lipinski definition) is 1. The van der Waals surface area contributed by atoms with E-state index in [1.807, 2.05) is 30.3 Å². The second kappa shape index (κ2) is 7.29. The lowest BCUT2D eigenvalue weighted by Crippen LogP contribution is -2.33. The second-order valence-electron chi connectivity index (χ2n) is 7.46. The van der Waals surface area contributed by atoms with Gasteiger partial charge >= 0.3 is 0 Å². The fourth-order valence-corrected chi connectivity index (χ4v) is 2.71. The fourth-order valence-electron chi connectivity index (χ4n) is 2.71. The van der Waals surface area contributed by atoms with Gasteiger partial charge in [0.2, 0.25) is 0 Å². The van der Waals surface area contributed by atoms with Crippen molar-refractivity contribution in [1.29, 1.82) is 0 Å². The van der Waals surface area contributed by atoms with Gasteiger partial charge in [0.05, 0.1) is 6.10 Å². The lowest BCUT2D eigenvalue weighted by Gasteiger charge is -2.29. The number of likely N-dealkylation sites (N-methyl/N-ethyl adjacent to an activating group) is 1. The maximum Gasteiger partial charge on any atom is 0.0942 e. The van der Waals surface area contributed by atoms with Crippen molar-refractivity contribution >= 4 is 0 Å². The van der Waals surface area contributed by atoms with Crippen LogP contribution in [0, 0.1) is 0 Å². The topological polar surface area (TPSA) is 23.5 Å². The van der Waals surface area contributed by atoms with Crippen molar-refractivity contribution in [3.63, 3.8) is 0 Å². The Morgan fingerprint density at radius 3 is 2.04 bits per heavy atom. The second-order valence-corrected chi connectivity index (χ2v) is 7.46. The molecule has 2 atom stereocenters. The lowest BCUT2D eigenvalue weighted by atomic mass is 9.86. The average Bonchev–Trinajstić information content (AvgIpc) is 2.54. The first-order chi connectivity index (χ1) is 10.8. The van der Waals surface area contributed by atoms with E-state index in [1.54, 1.807) is 0 Å². The van der Waals surface area contributed by atoms with E-state index in [0.29, 0.717) is 0 Å². The molecule has 0 saturated carbocycles. The predicted molar refractivity (Wildman–Crippen MR) is 97.5 cm³/mol. The summed E-state index contributed by atoms with van der Waals surface area (Å²) in [6.07, 6.45) is -0.477. The van der Waals surface area contributed by atoms with Gasteiger partial charge in [0, 0.05) is 12.6 Å². The van der Waals surface area contributed by atoms with Gasteiger partial charge < -0.3 is 5.11 Å². The van der Waals surface area contributed by atoms with Gasteiger partial charge in [0.15, 0.2) is 0 Å². The summed E-state index contributed by atoms with van der Waals surface area (Å²) in [6.45, 7) is 9.59. The molecule has 2 rings (SSSR count). The van der Waals surface area contributed by atoms with Crippen molar-refractivity contribution in [1.82, 2.24) is 4.90 Å². The van der Waals surface area contributed by atoms with Crippen LogP contribution in [-0.2, 0) is 12.0 Å². The molecular weight excluding hydrogens is 282 g/mol. The summed E-state index contributed by atoms with van der Waals surface area (Å²) in [5.74, 6) is 0. The van der Waals surface area contributed by atoms with E-state index in [-0.39, 0.29) is 11.5 Å². The summed E-state index contributed by atoms with van der Waals surface area (Å²) < 4.78 is 0. The number of hydrogen-bond acceptors (Lipinski definition) is 2. The Balaban J connectivity index is 2.02. The van der Waals surface area contributed by atoms with Gasteiger partial charge in [-0.05, 0) is 36.1 Å². The molecule has 0 bridgehead atoms. The molecule has 0 aliphatic rings. The van der Waals surface area contributed by atoms with Crippen LogP contribution in [0.1, 0.15) is 50.5 Å². The molecule has 0 aromatic heterocycles. The molecular formula is C21H29NO. The van der Waals surface area contributed by atoms with Crippen molar-refractivity contribution in [3.05, 3.63) is 71.3 Å². The van der Waals surface area contributed by atoms with Gasteiger partial charge in [0.1, 0.15) is 0 Å². The molecule has 0 saturated heterocycles. The number of benzene rings is 2. The highest BCUT2D eigenvalue weighted by Gasteiger charge is 2.20. The molecule has 2 aromatic carbocycles. The SMILES string of the molecule is CC(C(O)c1ccccc1)N(C)Cc1ccc(C(C)(C)C)cc1. The Morgan fingerprint density at radius 2 is 1.52 bits per heavy atom. The molecule has 124 valence electrons. The number of rotatable bonds is 5. The number of nitrogens with zero attached hydrogens (tertiary/aromatic N) is 1. The van der Waals surface area contributed by atoms with Crippen molar-refractivity contribution in [2.45, 2.75) is 51.8 Å². The van der Waals surface area contributed by atoms with Crippen LogP contribution in [-0.4, -0.2) is 23.1 Å². The Hall–Kier alpha value is -1.64. The van der Waals surface area contributed by atoms with Gasteiger partial charge in [-0.3, -0.25) is 4.90 Å². The molecule has 2 heteroatoms. The van der Waals surface area contributed by atoms with Crippen LogP contribution in [0.25, 0.3) is 0 Å². The smallest absolute Gasteiger partial charge is 0.0942 e. The number of aliphatic hydroxyl groups excluding tert-OH is 1. The van der Waals surface area contributed by atoms with Gasteiger partial charge in [-0.15, -0.1) is 0 Å². The van der Waals surface area contributed by atoms with Gasteiger partial charge in [-0.2, -0.15) is 0 Å². The highest BCUT2D eigenvalue weighted by Crippen LogP contribution is 2.24. The van der Waals surface area contributed by atoms with Crippen molar-refractivity contribution in [2.24, 2.45) is 0 Å². The van der Waals surface area contributed by atoms with Crippen LogP contribution in [0.4, 0.5) is 0 Å². The lowest BCUT2D eigenvalue weighted by molar-refractivity contribution is 0.0688. The molecule has 2 aromatic rings. The van der Waals surface area contributed by atoms with Crippen LogP contribution in [0.5, 0.6) is 0 Å². The normalized spacial score (nSPS) is 14.7. The van der Waals surface area contributed by atoms with Crippen molar-refractivity contribution in [2.75, 3.05) is 7.05 Å². The van der Waals surface area contributed by atoms with Gasteiger partial charge in [-0.1, -0.05) is 75.4 Å². The van der Waals surface area contributed by atoms with E-state index in [9.17, 15) is 5.11 Å². The van der Waals surface area contributed by atoms with Gasteiger partial charge in [0.25, 0.3) is 0 Å². The molecule has 1 N–H and O–H groups in total. The van der Waals surface area contributed by atoms with Crippen LogP contribution in [0.2, 0.25) is 0 Å². The molecule has 2 unspecified atom stereocenters. The summed E-state index contributed by atoms with van der Waals surface area (Å²) in [6, 6.07) is 18.7. The monoisotopic (exact) mass is 311 g/mol. The van der Waals surface area contributed by atoms with E-state index in [4.69, 9.17) is 0 Å².